The zero-order chi connectivity index (χ0) is 24.1. The van der Waals surface area contributed by atoms with Crippen molar-refractivity contribution in [2.75, 3.05) is 0 Å². The molecule has 2 aromatic carbocycles. The predicted octanol–water partition coefficient (Wildman–Crippen LogP) is 9.99. The Balaban J connectivity index is 1.54. The number of carbonyl (C=O) groups is 1. The zero-order valence-corrected chi connectivity index (χ0v) is 21.5. The topological polar surface area (TPSA) is 26.3 Å². The second kappa shape index (κ2) is 19.0. The van der Waals surface area contributed by atoms with Gasteiger partial charge in [-0.1, -0.05) is 157 Å². The molecular formula is C32H46O2. The van der Waals surface area contributed by atoms with E-state index in [2.05, 4.69) is 6.92 Å². The van der Waals surface area contributed by atoms with Gasteiger partial charge in [0, 0.05) is 12.0 Å². The van der Waals surface area contributed by atoms with E-state index in [0.29, 0.717) is 12.2 Å². The molecule has 2 nitrogen and oxygen atoms in total. The number of esters is 1. The second-order valence-corrected chi connectivity index (χ2v) is 9.46. The van der Waals surface area contributed by atoms with Gasteiger partial charge in [-0.2, -0.15) is 0 Å². The monoisotopic (exact) mass is 462 g/mol. The van der Waals surface area contributed by atoms with E-state index in [1.165, 1.54) is 83.5 Å². The molecule has 0 amide bonds. The minimum absolute atomic E-state index is 0.138. The van der Waals surface area contributed by atoms with E-state index in [-0.39, 0.29) is 5.97 Å². The Morgan fingerprint density at radius 1 is 0.618 bits per heavy atom. The summed E-state index contributed by atoms with van der Waals surface area (Å²) in [5, 5.41) is 0. The molecule has 0 saturated carbocycles. The maximum absolute atomic E-state index is 12.5. The average molecular weight is 463 g/mol. The van der Waals surface area contributed by atoms with Crippen molar-refractivity contribution in [2.24, 2.45) is 0 Å². The van der Waals surface area contributed by atoms with Gasteiger partial charge in [0.1, 0.15) is 5.76 Å². The summed E-state index contributed by atoms with van der Waals surface area (Å²) in [7, 11) is 0. The maximum atomic E-state index is 12.5. The molecule has 0 saturated heterocycles. The lowest BCUT2D eigenvalue weighted by molar-refractivity contribution is -0.136. The van der Waals surface area contributed by atoms with Crippen molar-refractivity contribution in [2.45, 2.75) is 110 Å². The van der Waals surface area contributed by atoms with Crippen LogP contribution in [0.2, 0.25) is 0 Å². The first-order valence-electron chi connectivity index (χ1n) is 13.8. The Morgan fingerprint density at radius 3 is 1.56 bits per heavy atom. The third kappa shape index (κ3) is 13.4. The third-order valence-corrected chi connectivity index (χ3v) is 6.36. The summed E-state index contributed by atoms with van der Waals surface area (Å²) in [6.45, 7) is 2.28. The van der Waals surface area contributed by atoms with Crippen LogP contribution in [-0.2, 0) is 9.53 Å². The predicted molar refractivity (Wildman–Crippen MR) is 146 cm³/mol. The van der Waals surface area contributed by atoms with Crippen molar-refractivity contribution < 1.29 is 9.53 Å². The third-order valence-electron chi connectivity index (χ3n) is 6.36. The Bertz CT molecular complexity index is 779. The molecule has 0 spiro atoms. The van der Waals surface area contributed by atoms with Crippen molar-refractivity contribution in [3.63, 3.8) is 0 Å². The Hall–Kier alpha value is -2.35. The molecular weight excluding hydrogens is 416 g/mol. The van der Waals surface area contributed by atoms with Gasteiger partial charge in [-0.05, 0) is 18.1 Å². The molecule has 0 aliphatic heterocycles. The first-order valence-corrected chi connectivity index (χ1v) is 13.8. The van der Waals surface area contributed by atoms with Crippen LogP contribution < -0.4 is 0 Å². The van der Waals surface area contributed by atoms with Crippen LogP contribution in [0, 0.1) is 0 Å². The first kappa shape index (κ1) is 27.9. The highest BCUT2D eigenvalue weighted by atomic mass is 16.5. The van der Waals surface area contributed by atoms with E-state index in [0.717, 1.165) is 24.0 Å². The highest BCUT2D eigenvalue weighted by molar-refractivity contribution is 5.85. The summed E-state index contributed by atoms with van der Waals surface area (Å²) in [6.07, 6.45) is 22.3. The van der Waals surface area contributed by atoms with Crippen LogP contribution in [-0.4, -0.2) is 5.97 Å². The van der Waals surface area contributed by atoms with Crippen LogP contribution in [0.1, 0.15) is 121 Å². The molecule has 0 aliphatic carbocycles. The van der Waals surface area contributed by atoms with E-state index in [9.17, 15) is 4.79 Å². The number of benzene rings is 2. The number of hydrogen-bond acceptors (Lipinski definition) is 2. The highest BCUT2D eigenvalue weighted by Gasteiger charge is 2.10. The molecule has 0 unspecified atom stereocenters. The average Bonchev–Trinajstić information content (AvgIpc) is 2.87. The molecule has 0 N–H and O–H groups in total. The normalized spacial score (nSPS) is 11.5. The lowest BCUT2D eigenvalue weighted by Crippen LogP contribution is -2.04. The van der Waals surface area contributed by atoms with Crippen LogP contribution in [0.25, 0.3) is 11.8 Å². The molecule has 0 atom stereocenters. The van der Waals surface area contributed by atoms with Gasteiger partial charge in [0.25, 0.3) is 0 Å². The molecule has 2 heteroatoms. The minimum Gasteiger partial charge on any atom is -0.426 e. The van der Waals surface area contributed by atoms with Crippen LogP contribution in [0.15, 0.2) is 60.7 Å². The highest BCUT2D eigenvalue weighted by Crippen LogP contribution is 2.21. The lowest BCUT2D eigenvalue weighted by atomic mass is 10.0. The van der Waals surface area contributed by atoms with E-state index in [4.69, 9.17) is 4.74 Å². The van der Waals surface area contributed by atoms with Gasteiger partial charge in [-0.15, -0.1) is 0 Å². The summed E-state index contributed by atoms with van der Waals surface area (Å²) in [5.41, 5.74) is 1.96. The van der Waals surface area contributed by atoms with Gasteiger partial charge in [0.05, 0.1) is 0 Å². The number of ether oxygens (including phenoxy) is 1. The van der Waals surface area contributed by atoms with Gasteiger partial charge in [0.2, 0.25) is 0 Å². The fraction of sp³-hybridized carbons (Fsp3) is 0.531. The van der Waals surface area contributed by atoms with Crippen molar-refractivity contribution >= 4 is 17.8 Å². The Morgan fingerprint density at radius 2 is 1.06 bits per heavy atom. The van der Waals surface area contributed by atoms with Gasteiger partial charge < -0.3 is 4.74 Å². The number of unbranched alkanes of at least 4 members (excludes halogenated alkanes) is 14. The van der Waals surface area contributed by atoms with Crippen LogP contribution in [0.5, 0.6) is 0 Å². The van der Waals surface area contributed by atoms with E-state index in [1.807, 2.05) is 66.7 Å². The fourth-order valence-corrected chi connectivity index (χ4v) is 4.29. The molecule has 0 radical (unpaired) electrons. The van der Waals surface area contributed by atoms with Gasteiger partial charge in [-0.3, -0.25) is 4.79 Å². The molecule has 186 valence electrons. The molecule has 0 aromatic heterocycles. The van der Waals surface area contributed by atoms with Crippen LogP contribution >= 0.6 is 0 Å². The summed E-state index contributed by atoms with van der Waals surface area (Å²) in [5.74, 6) is 0.485. The largest absolute Gasteiger partial charge is 0.426 e. The fourth-order valence-electron chi connectivity index (χ4n) is 4.29. The Kier molecular flexibility index (Phi) is 15.6. The quantitative estimate of drug-likeness (QED) is 0.0898. The number of carbonyl (C=O) groups excluding carboxylic acids is 1. The minimum atomic E-state index is -0.138. The summed E-state index contributed by atoms with van der Waals surface area (Å²) < 4.78 is 5.78. The first-order chi connectivity index (χ1) is 16.8. The summed E-state index contributed by atoms with van der Waals surface area (Å²) in [6, 6.07) is 19.9. The van der Waals surface area contributed by atoms with E-state index < -0.39 is 0 Å². The molecule has 34 heavy (non-hydrogen) atoms. The summed E-state index contributed by atoms with van der Waals surface area (Å²) in [4.78, 5) is 12.5. The smallest absolute Gasteiger partial charge is 0.311 e. The van der Waals surface area contributed by atoms with E-state index >= 15 is 0 Å². The van der Waals surface area contributed by atoms with Gasteiger partial charge >= 0.3 is 5.97 Å². The standard InChI is InChI=1S/C32H46O2/c1-2-3-4-5-6-7-8-9-10-11-12-13-14-15-22-27-32(33)34-31(30-25-20-17-21-26-30)28-29-23-18-16-19-24-29/h16-21,23-26,28H,2-15,22,27H2,1H3. The molecule has 0 fully saturated rings. The Labute approximate surface area is 208 Å². The molecule has 2 aromatic rings. The van der Waals surface area contributed by atoms with Crippen LogP contribution in [0.3, 0.4) is 0 Å². The van der Waals surface area contributed by atoms with E-state index in [1.54, 1.807) is 0 Å². The second-order valence-electron chi connectivity index (χ2n) is 9.46. The maximum Gasteiger partial charge on any atom is 0.311 e. The van der Waals surface area contributed by atoms with Crippen molar-refractivity contribution in [1.82, 2.24) is 0 Å². The molecule has 0 heterocycles. The summed E-state index contributed by atoms with van der Waals surface area (Å²) >= 11 is 0. The number of hydrogen-bond donors (Lipinski definition) is 0. The molecule has 0 bridgehead atoms. The van der Waals surface area contributed by atoms with Gasteiger partial charge in [0.15, 0.2) is 0 Å². The molecule has 2 rings (SSSR count). The SMILES string of the molecule is CCCCCCCCCCCCCCCCCC(=O)OC(=Cc1ccccc1)c1ccccc1. The van der Waals surface area contributed by atoms with Crippen molar-refractivity contribution in [3.8, 4) is 0 Å². The van der Waals surface area contributed by atoms with Crippen LogP contribution in [0.4, 0.5) is 0 Å². The van der Waals surface area contributed by atoms with Crippen molar-refractivity contribution in [1.29, 1.82) is 0 Å². The van der Waals surface area contributed by atoms with Crippen molar-refractivity contribution in [3.05, 3.63) is 71.8 Å². The number of rotatable bonds is 19. The lowest BCUT2D eigenvalue weighted by Gasteiger charge is -2.10. The van der Waals surface area contributed by atoms with Gasteiger partial charge in [-0.25, -0.2) is 0 Å². The zero-order valence-electron chi connectivity index (χ0n) is 21.5. The molecule has 0 aliphatic rings.